The average molecular weight is 188 g/mol. The van der Waals surface area contributed by atoms with Crippen molar-refractivity contribution in [1.29, 1.82) is 0 Å². The molecule has 1 aromatic heterocycles. The zero-order chi connectivity index (χ0) is 9.38. The fraction of sp³-hybridized carbons (Fsp3) is 0.583. The van der Waals surface area contributed by atoms with Gasteiger partial charge < -0.3 is 5.32 Å². The summed E-state index contributed by atoms with van der Waals surface area (Å²) in [5.41, 5.74) is 2.83. The largest absolute Gasteiger partial charge is 0.309 e. The number of nitrogens with one attached hydrogen (secondary N) is 1. The van der Waals surface area contributed by atoms with Crippen LogP contribution in [0.15, 0.2) is 18.3 Å². The molecule has 1 N–H and O–H groups in total. The first-order valence-electron chi connectivity index (χ1n) is 5.63. The summed E-state index contributed by atoms with van der Waals surface area (Å²) in [6.07, 6.45) is 7.22. The van der Waals surface area contributed by atoms with E-state index in [-0.39, 0.29) is 0 Å². The third-order valence-electron chi connectivity index (χ3n) is 3.28. The third kappa shape index (κ3) is 1.44. The first-order chi connectivity index (χ1) is 6.95. The monoisotopic (exact) mass is 188 g/mol. The van der Waals surface area contributed by atoms with Crippen LogP contribution >= 0.6 is 0 Å². The van der Waals surface area contributed by atoms with Gasteiger partial charge in [0.25, 0.3) is 0 Å². The van der Waals surface area contributed by atoms with Gasteiger partial charge in [0, 0.05) is 12.2 Å². The average Bonchev–Trinajstić information content (AvgIpc) is 2.94. The predicted molar refractivity (Wildman–Crippen MR) is 56.2 cm³/mol. The quantitative estimate of drug-likeness (QED) is 0.770. The lowest BCUT2D eigenvalue weighted by Crippen LogP contribution is -2.15. The number of hydrogen-bond donors (Lipinski definition) is 1. The van der Waals surface area contributed by atoms with Crippen molar-refractivity contribution in [3.05, 3.63) is 29.6 Å². The number of nitrogens with zero attached hydrogens (tertiary/aromatic N) is 1. The molecule has 0 amide bonds. The summed E-state index contributed by atoms with van der Waals surface area (Å²) in [5.74, 6) is 0.820. The van der Waals surface area contributed by atoms with Gasteiger partial charge in [-0.2, -0.15) is 0 Å². The molecule has 1 saturated carbocycles. The van der Waals surface area contributed by atoms with Crippen LogP contribution in [0.25, 0.3) is 0 Å². The van der Waals surface area contributed by atoms with Crippen LogP contribution in [0.5, 0.6) is 0 Å². The highest BCUT2D eigenvalue weighted by Crippen LogP contribution is 2.43. The second kappa shape index (κ2) is 3.35. The number of rotatable bonds is 2. The molecule has 0 spiro atoms. The molecule has 1 atom stereocenters. The van der Waals surface area contributed by atoms with E-state index >= 15 is 0 Å². The van der Waals surface area contributed by atoms with E-state index in [0.29, 0.717) is 6.04 Å². The third-order valence-corrected chi connectivity index (χ3v) is 3.28. The lowest BCUT2D eigenvalue weighted by Gasteiger charge is -2.13. The second-order valence-electron chi connectivity index (χ2n) is 4.40. The van der Waals surface area contributed by atoms with Crippen LogP contribution in [0.4, 0.5) is 0 Å². The van der Waals surface area contributed by atoms with Crippen LogP contribution in [0.1, 0.15) is 48.9 Å². The summed E-state index contributed by atoms with van der Waals surface area (Å²) in [4.78, 5) is 4.56. The lowest BCUT2D eigenvalue weighted by molar-refractivity contribution is 0.619. The van der Waals surface area contributed by atoms with Crippen molar-refractivity contribution in [3.8, 4) is 0 Å². The summed E-state index contributed by atoms with van der Waals surface area (Å²) in [6.45, 7) is 1.16. The SMILES string of the molecule is c1cnc(C2CCCN2)c(C2CC2)c1. The molecule has 2 heteroatoms. The summed E-state index contributed by atoms with van der Waals surface area (Å²) in [7, 11) is 0. The van der Waals surface area contributed by atoms with E-state index in [4.69, 9.17) is 0 Å². The van der Waals surface area contributed by atoms with Crippen LogP contribution < -0.4 is 5.32 Å². The van der Waals surface area contributed by atoms with Crippen molar-refractivity contribution in [2.45, 2.75) is 37.6 Å². The second-order valence-corrected chi connectivity index (χ2v) is 4.40. The highest BCUT2D eigenvalue weighted by molar-refractivity contribution is 5.30. The topological polar surface area (TPSA) is 24.9 Å². The molecule has 1 aromatic rings. The van der Waals surface area contributed by atoms with Gasteiger partial charge >= 0.3 is 0 Å². The minimum Gasteiger partial charge on any atom is -0.309 e. The highest BCUT2D eigenvalue weighted by Gasteiger charge is 2.29. The van der Waals surface area contributed by atoms with Crippen LogP contribution in [0.2, 0.25) is 0 Å². The van der Waals surface area contributed by atoms with Gasteiger partial charge in [0.2, 0.25) is 0 Å². The van der Waals surface area contributed by atoms with Gasteiger partial charge in [-0.05, 0) is 49.8 Å². The summed E-state index contributed by atoms with van der Waals surface area (Å²) >= 11 is 0. The molecule has 2 nitrogen and oxygen atoms in total. The molecule has 14 heavy (non-hydrogen) atoms. The fourth-order valence-electron chi connectivity index (χ4n) is 2.38. The maximum absolute atomic E-state index is 4.56. The van der Waals surface area contributed by atoms with E-state index in [1.165, 1.54) is 36.9 Å². The van der Waals surface area contributed by atoms with Crippen molar-refractivity contribution in [1.82, 2.24) is 10.3 Å². The minimum atomic E-state index is 0.534. The predicted octanol–water partition coefficient (Wildman–Crippen LogP) is 2.38. The van der Waals surface area contributed by atoms with Crippen LogP contribution in [-0.4, -0.2) is 11.5 Å². The van der Waals surface area contributed by atoms with Crippen LogP contribution in [0.3, 0.4) is 0 Å². The Kier molecular flexibility index (Phi) is 2.02. The molecular weight excluding hydrogens is 172 g/mol. The normalized spacial score (nSPS) is 26.7. The van der Waals surface area contributed by atoms with Crippen LogP contribution in [-0.2, 0) is 0 Å². The molecule has 3 rings (SSSR count). The molecule has 2 heterocycles. The van der Waals surface area contributed by atoms with Crippen molar-refractivity contribution < 1.29 is 0 Å². The highest BCUT2D eigenvalue weighted by atomic mass is 15.0. The molecule has 74 valence electrons. The van der Waals surface area contributed by atoms with E-state index in [1.807, 2.05) is 6.20 Å². The first-order valence-corrected chi connectivity index (χ1v) is 5.63. The Bertz CT molecular complexity index is 325. The molecule has 0 aromatic carbocycles. The van der Waals surface area contributed by atoms with Crippen molar-refractivity contribution in [3.63, 3.8) is 0 Å². The molecule has 1 aliphatic carbocycles. The number of aromatic nitrogens is 1. The zero-order valence-electron chi connectivity index (χ0n) is 8.37. The van der Waals surface area contributed by atoms with Gasteiger partial charge in [0.15, 0.2) is 0 Å². The Balaban J connectivity index is 1.94. The van der Waals surface area contributed by atoms with Crippen molar-refractivity contribution >= 4 is 0 Å². The Morgan fingerprint density at radius 2 is 2.21 bits per heavy atom. The van der Waals surface area contributed by atoms with Crippen LogP contribution in [0, 0.1) is 0 Å². The van der Waals surface area contributed by atoms with E-state index in [0.717, 1.165) is 12.5 Å². The Morgan fingerprint density at radius 1 is 1.29 bits per heavy atom. The van der Waals surface area contributed by atoms with Crippen molar-refractivity contribution in [2.75, 3.05) is 6.54 Å². The summed E-state index contributed by atoms with van der Waals surface area (Å²) in [5, 5.41) is 3.53. The summed E-state index contributed by atoms with van der Waals surface area (Å²) in [6, 6.07) is 4.87. The molecule has 2 fully saturated rings. The molecule has 1 aliphatic heterocycles. The minimum absolute atomic E-state index is 0.534. The smallest absolute Gasteiger partial charge is 0.0607 e. The molecular formula is C12H16N2. The van der Waals surface area contributed by atoms with Gasteiger partial charge in [-0.25, -0.2) is 0 Å². The Hall–Kier alpha value is -0.890. The maximum atomic E-state index is 4.56. The number of pyridine rings is 1. The van der Waals surface area contributed by atoms with Gasteiger partial charge in [-0.3, -0.25) is 4.98 Å². The Labute approximate surface area is 84.7 Å². The van der Waals surface area contributed by atoms with E-state index in [2.05, 4.69) is 22.4 Å². The standard InChI is InChI=1S/C12H16N2/c1-3-10(9-5-6-9)12(14-8-1)11-4-2-7-13-11/h1,3,8-9,11,13H,2,4-7H2. The Morgan fingerprint density at radius 3 is 2.93 bits per heavy atom. The van der Waals surface area contributed by atoms with Crippen molar-refractivity contribution in [2.24, 2.45) is 0 Å². The lowest BCUT2D eigenvalue weighted by atomic mass is 10.0. The van der Waals surface area contributed by atoms with Gasteiger partial charge in [0.1, 0.15) is 0 Å². The summed E-state index contributed by atoms with van der Waals surface area (Å²) < 4.78 is 0. The van der Waals surface area contributed by atoms with Gasteiger partial charge in [0.05, 0.1) is 5.69 Å². The molecule has 0 radical (unpaired) electrons. The van der Waals surface area contributed by atoms with E-state index in [9.17, 15) is 0 Å². The van der Waals surface area contributed by atoms with Gasteiger partial charge in [-0.1, -0.05) is 6.07 Å². The molecule has 1 unspecified atom stereocenters. The van der Waals surface area contributed by atoms with E-state index in [1.54, 1.807) is 0 Å². The molecule has 1 saturated heterocycles. The first kappa shape index (κ1) is 8.42. The number of hydrogen-bond acceptors (Lipinski definition) is 2. The maximum Gasteiger partial charge on any atom is 0.0607 e. The fourth-order valence-corrected chi connectivity index (χ4v) is 2.38. The zero-order valence-corrected chi connectivity index (χ0v) is 8.37. The molecule has 2 aliphatic rings. The molecule has 0 bridgehead atoms. The van der Waals surface area contributed by atoms with Gasteiger partial charge in [-0.15, -0.1) is 0 Å². The van der Waals surface area contributed by atoms with E-state index < -0.39 is 0 Å².